The predicted molar refractivity (Wildman–Crippen MR) is 134 cm³/mol. The number of rotatable bonds is 17. The highest BCUT2D eigenvalue weighted by Gasteiger charge is 2.16. The summed E-state index contributed by atoms with van der Waals surface area (Å²) < 4.78 is 3.32. The molecule has 188 valence electrons. The third-order valence-corrected chi connectivity index (χ3v) is 6.36. The molecule has 0 aliphatic rings. The van der Waals surface area contributed by atoms with Gasteiger partial charge in [0, 0.05) is 23.3 Å². The summed E-state index contributed by atoms with van der Waals surface area (Å²) in [6.45, 7) is 5.63. The fourth-order valence-corrected chi connectivity index (χ4v) is 4.53. The Morgan fingerprint density at radius 3 is 1.73 bits per heavy atom. The lowest BCUT2D eigenvalue weighted by molar-refractivity contribution is -0.903. The lowest BCUT2D eigenvalue weighted by Crippen LogP contribution is -3.00. The van der Waals surface area contributed by atoms with Gasteiger partial charge in [-0.05, 0) is 18.9 Å². The van der Waals surface area contributed by atoms with Crippen molar-refractivity contribution in [3.63, 3.8) is 0 Å². The first-order chi connectivity index (χ1) is 15.1. The highest BCUT2D eigenvalue weighted by Crippen LogP contribution is 2.15. The zero-order valence-electron chi connectivity index (χ0n) is 21.5. The Bertz CT molecular complexity index is 704. The van der Waals surface area contributed by atoms with Crippen LogP contribution in [0.1, 0.15) is 95.1 Å². The molecule has 4 heteroatoms. The van der Waals surface area contributed by atoms with Crippen LogP contribution in [-0.2, 0) is 13.1 Å². The van der Waals surface area contributed by atoms with Crippen LogP contribution in [0.2, 0.25) is 0 Å². The first-order valence-corrected chi connectivity index (χ1v) is 12.9. The standard InChI is InChI=1S/C29H48N2.2BrH/c1-4-5-6-7-8-9-10-11-12-13-14-18-24-31(2,3)27-29-21-19-20-28(25-29)26-30-22-16-15-17-23-30;;/h15-17,19-23,25H,4-14,18,24,26-27H2,1-3H3;2*1H/q+2;;/p-2. The second-order valence-electron chi connectivity index (χ2n) is 10.1. The van der Waals surface area contributed by atoms with Gasteiger partial charge < -0.3 is 38.4 Å². The predicted octanol–water partition coefficient (Wildman–Crippen LogP) is 1.31. The van der Waals surface area contributed by atoms with Crippen molar-refractivity contribution in [3.05, 3.63) is 66.0 Å². The molecule has 2 rings (SSSR count). The highest BCUT2D eigenvalue weighted by molar-refractivity contribution is 5.22. The molecule has 0 bridgehead atoms. The zero-order chi connectivity index (χ0) is 22.2. The number of aromatic nitrogens is 1. The summed E-state index contributed by atoms with van der Waals surface area (Å²) in [5.41, 5.74) is 2.84. The molecule has 0 saturated heterocycles. The molecule has 33 heavy (non-hydrogen) atoms. The van der Waals surface area contributed by atoms with Gasteiger partial charge >= 0.3 is 0 Å². The van der Waals surface area contributed by atoms with E-state index in [-0.39, 0.29) is 34.0 Å². The smallest absolute Gasteiger partial charge is 0.173 e. The minimum atomic E-state index is 0. The normalized spacial score (nSPS) is 11.0. The molecule has 0 N–H and O–H groups in total. The van der Waals surface area contributed by atoms with Crippen LogP contribution in [0, 0.1) is 0 Å². The molecule has 0 unspecified atom stereocenters. The van der Waals surface area contributed by atoms with Crippen LogP contribution in [0.15, 0.2) is 54.9 Å². The molecule has 1 heterocycles. The van der Waals surface area contributed by atoms with Crippen molar-refractivity contribution in [3.8, 4) is 0 Å². The first kappa shape index (κ1) is 32.3. The Kier molecular flexibility index (Phi) is 19.2. The van der Waals surface area contributed by atoms with Gasteiger partial charge in [0.1, 0.15) is 6.54 Å². The van der Waals surface area contributed by atoms with E-state index in [4.69, 9.17) is 0 Å². The Morgan fingerprint density at radius 2 is 1.15 bits per heavy atom. The SMILES string of the molecule is CCCCCCCCCCCCCC[N+](C)(C)Cc1cccc(C[n+]2ccccc2)c1.[Br-].[Br-]. The molecule has 0 fully saturated rings. The average molecular weight is 585 g/mol. The Morgan fingerprint density at radius 1 is 0.636 bits per heavy atom. The molecular formula is C29H48Br2N2. The summed E-state index contributed by atoms with van der Waals surface area (Å²) in [5, 5.41) is 0. The van der Waals surface area contributed by atoms with E-state index in [1.54, 1.807) is 0 Å². The Labute approximate surface area is 225 Å². The summed E-state index contributed by atoms with van der Waals surface area (Å²) in [7, 11) is 4.77. The van der Waals surface area contributed by atoms with Crippen molar-refractivity contribution in [1.29, 1.82) is 0 Å². The van der Waals surface area contributed by atoms with E-state index in [9.17, 15) is 0 Å². The van der Waals surface area contributed by atoms with Crippen molar-refractivity contribution in [2.24, 2.45) is 0 Å². The van der Waals surface area contributed by atoms with Crippen molar-refractivity contribution in [1.82, 2.24) is 0 Å². The molecule has 0 atom stereocenters. The monoisotopic (exact) mass is 582 g/mol. The average Bonchev–Trinajstić information content (AvgIpc) is 2.75. The Hall–Kier alpha value is -0.710. The molecule has 2 aromatic rings. The second-order valence-corrected chi connectivity index (χ2v) is 10.1. The number of hydrogen-bond donors (Lipinski definition) is 0. The summed E-state index contributed by atoms with van der Waals surface area (Å²) in [6, 6.07) is 15.4. The van der Waals surface area contributed by atoms with Crippen LogP contribution >= 0.6 is 0 Å². The van der Waals surface area contributed by atoms with E-state index in [2.05, 4.69) is 80.4 Å². The van der Waals surface area contributed by atoms with E-state index in [1.165, 1.54) is 94.7 Å². The summed E-state index contributed by atoms with van der Waals surface area (Å²) in [4.78, 5) is 0. The van der Waals surface area contributed by atoms with Gasteiger partial charge in [0.05, 0.1) is 20.6 Å². The van der Waals surface area contributed by atoms with Crippen LogP contribution < -0.4 is 38.5 Å². The highest BCUT2D eigenvalue weighted by atomic mass is 79.9. The van der Waals surface area contributed by atoms with Gasteiger partial charge in [-0.15, -0.1) is 0 Å². The van der Waals surface area contributed by atoms with Gasteiger partial charge in [-0.3, -0.25) is 0 Å². The van der Waals surface area contributed by atoms with Crippen LogP contribution in [0.25, 0.3) is 0 Å². The fraction of sp³-hybridized carbons (Fsp3) is 0.621. The topological polar surface area (TPSA) is 3.88 Å². The molecule has 0 aliphatic carbocycles. The largest absolute Gasteiger partial charge is 1.00 e. The van der Waals surface area contributed by atoms with E-state index in [1.807, 2.05) is 0 Å². The third kappa shape index (κ3) is 15.7. The maximum absolute atomic E-state index is 2.39. The summed E-state index contributed by atoms with van der Waals surface area (Å²) in [6.07, 6.45) is 21.3. The lowest BCUT2D eigenvalue weighted by atomic mass is 10.0. The number of halogens is 2. The van der Waals surface area contributed by atoms with Crippen LogP contribution in [0.5, 0.6) is 0 Å². The lowest BCUT2D eigenvalue weighted by Gasteiger charge is -2.30. The number of hydrogen-bond acceptors (Lipinski definition) is 0. The molecule has 1 aromatic heterocycles. The quantitative estimate of drug-likeness (QED) is 0.150. The number of pyridine rings is 1. The third-order valence-electron chi connectivity index (χ3n) is 6.36. The van der Waals surface area contributed by atoms with Crippen molar-refractivity contribution >= 4 is 0 Å². The molecule has 0 radical (unpaired) electrons. The molecule has 0 saturated carbocycles. The van der Waals surface area contributed by atoms with Gasteiger partial charge in [0.2, 0.25) is 0 Å². The fourth-order valence-electron chi connectivity index (χ4n) is 4.53. The van der Waals surface area contributed by atoms with Gasteiger partial charge in [-0.25, -0.2) is 4.57 Å². The van der Waals surface area contributed by atoms with Crippen molar-refractivity contribution < 1.29 is 43.0 Å². The Balaban J connectivity index is 0.00000512. The molecule has 1 aromatic carbocycles. The van der Waals surface area contributed by atoms with Gasteiger partial charge in [-0.2, -0.15) is 0 Å². The van der Waals surface area contributed by atoms with Gasteiger partial charge in [0.25, 0.3) is 0 Å². The molecular weight excluding hydrogens is 536 g/mol. The molecule has 0 aliphatic heterocycles. The first-order valence-electron chi connectivity index (χ1n) is 12.9. The number of nitrogens with zero attached hydrogens (tertiary/aromatic N) is 2. The number of unbranched alkanes of at least 4 members (excludes halogenated alkanes) is 11. The van der Waals surface area contributed by atoms with Crippen molar-refractivity contribution in [2.75, 3.05) is 20.6 Å². The summed E-state index contributed by atoms with van der Waals surface area (Å²) in [5.74, 6) is 0. The van der Waals surface area contributed by atoms with E-state index < -0.39 is 0 Å². The van der Waals surface area contributed by atoms with Gasteiger partial charge in [0.15, 0.2) is 18.9 Å². The maximum atomic E-state index is 2.39. The second kappa shape index (κ2) is 19.6. The minimum Gasteiger partial charge on any atom is -1.00 e. The van der Waals surface area contributed by atoms with E-state index in [0.29, 0.717) is 0 Å². The summed E-state index contributed by atoms with van der Waals surface area (Å²) >= 11 is 0. The maximum Gasteiger partial charge on any atom is 0.173 e. The van der Waals surface area contributed by atoms with Crippen molar-refractivity contribution in [2.45, 2.75) is 97.1 Å². The molecule has 0 amide bonds. The van der Waals surface area contributed by atoms with Crippen LogP contribution in [-0.4, -0.2) is 25.1 Å². The number of quaternary nitrogens is 1. The molecule has 2 nitrogen and oxygen atoms in total. The van der Waals surface area contributed by atoms with E-state index in [0.717, 1.165) is 17.6 Å². The van der Waals surface area contributed by atoms with E-state index >= 15 is 0 Å². The van der Waals surface area contributed by atoms with Crippen LogP contribution in [0.3, 0.4) is 0 Å². The minimum absolute atomic E-state index is 0. The van der Waals surface area contributed by atoms with Gasteiger partial charge in [-0.1, -0.05) is 95.4 Å². The number of benzene rings is 1. The van der Waals surface area contributed by atoms with Crippen LogP contribution in [0.4, 0.5) is 0 Å². The molecule has 0 spiro atoms. The zero-order valence-corrected chi connectivity index (χ0v) is 24.6.